The Morgan fingerprint density at radius 3 is 2.38 bits per heavy atom. The molecule has 0 spiro atoms. The number of fused-ring (bicyclic) bond motifs is 1. The van der Waals surface area contributed by atoms with Crippen LogP contribution in [-0.2, 0) is 23.1 Å². The predicted molar refractivity (Wildman–Crippen MR) is 152 cm³/mol. The first-order valence-electron chi connectivity index (χ1n) is 13.5. The highest BCUT2D eigenvalue weighted by Crippen LogP contribution is 2.28. The highest BCUT2D eigenvalue weighted by atomic mass is 32.2. The Kier molecular flexibility index (Phi) is 8.10. The topological polar surface area (TPSA) is 125 Å². The van der Waals surface area contributed by atoms with E-state index in [1.807, 2.05) is 48.7 Å². The van der Waals surface area contributed by atoms with E-state index in [1.54, 1.807) is 30.6 Å². The van der Waals surface area contributed by atoms with Crippen LogP contribution in [0.5, 0.6) is 0 Å². The summed E-state index contributed by atoms with van der Waals surface area (Å²) in [6.07, 6.45) is 4.73. The first-order chi connectivity index (χ1) is 18.9. The van der Waals surface area contributed by atoms with E-state index in [0.29, 0.717) is 48.3 Å². The van der Waals surface area contributed by atoms with E-state index < -0.39 is 10.0 Å². The number of hydrogen-bond donors (Lipinski definition) is 3. The summed E-state index contributed by atoms with van der Waals surface area (Å²) in [4.78, 5) is 14.2. The van der Waals surface area contributed by atoms with Gasteiger partial charge in [-0.15, -0.1) is 0 Å². The van der Waals surface area contributed by atoms with Crippen LogP contribution >= 0.6 is 0 Å². The second kappa shape index (κ2) is 11.7. The molecule has 1 saturated carbocycles. The number of nitrogens with zero attached hydrogens (tertiary/aromatic N) is 5. The first kappa shape index (κ1) is 27.0. The van der Waals surface area contributed by atoms with Crippen LogP contribution in [0.2, 0.25) is 0 Å². The molecule has 11 heteroatoms. The molecule has 1 fully saturated rings. The zero-order chi connectivity index (χ0) is 27.4. The molecule has 0 aliphatic heterocycles. The van der Waals surface area contributed by atoms with Gasteiger partial charge in [-0.2, -0.15) is 14.3 Å². The van der Waals surface area contributed by atoms with Crippen molar-refractivity contribution < 1.29 is 13.5 Å². The Bertz CT molecular complexity index is 1500. The van der Waals surface area contributed by atoms with Gasteiger partial charge in [0.25, 0.3) is 0 Å². The van der Waals surface area contributed by atoms with Crippen molar-refractivity contribution in [3.8, 4) is 0 Å². The minimum Gasteiger partial charge on any atom is -0.393 e. The number of aryl methyl sites for hydroxylation is 1. The van der Waals surface area contributed by atoms with Crippen molar-refractivity contribution in [2.75, 3.05) is 17.2 Å². The molecule has 10 nitrogen and oxygen atoms in total. The van der Waals surface area contributed by atoms with E-state index in [4.69, 9.17) is 9.97 Å². The maximum absolute atomic E-state index is 13.4. The van der Waals surface area contributed by atoms with Crippen molar-refractivity contribution in [2.45, 2.75) is 69.7 Å². The number of aliphatic hydroxyl groups excluding tert-OH is 1. The summed E-state index contributed by atoms with van der Waals surface area (Å²) >= 11 is 0. The molecule has 1 aliphatic rings. The fraction of sp³-hybridized carbons (Fsp3) is 0.393. The van der Waals surface area contributed by atoms with Crippen molar-refractivity contribution in [1.82, 2.24) is 23.8 Å². The van der Waals surface area contributed by atoms with Crippen molar-refractivity contribution >= 4 is 38.6 Å². The lowest BCUT2D eigenvalue weighted by atomic mass is 9.93. The minimum atomic E-state index is -3.66. The molecule has 4 aromatic rings. The van der Waals surface area contributed by atoms with Crippen LogP contribution in [0.15, 0.2) is 65.8 Å². The van der Waals surface area contributed by atoms with Gasteiger partial charge in [-0.3, -0.25) is 0 Å². The molecular weight excluding hydrogens is 514 g/mol. The SMILES string of the molecule is CCN(Cc1ccccc1)S(=O)(=O)c1ccc(Nc2nc(NC3CCC(O)CC3)nc3c2ncn3CC)cc1. The summed E-state index contributed by atoms with van der Waals surface area (Å²) < 4.78 is 30.1. The molecule has 5 rings (SSSR count). The number of aliphatic hydroxyl groups is 1. The molecule has 39 heavy (non-hydrogen) atoms. The first-order valence-corrected chi connectivity index (χ1v) is 14.9. The van der Waals surface area contributed by atoms with Crippen LogP contribution in [0.4, 0.5) is 17.5 Å². The summed E-state index contributed by atoms with van der Waals surface area (Å²) in [5, 5.41) is 16.6. The zero-order valence-corrected chi connectivity index (χ0v) is 23.1. The third kappa shape index (κ3) is 6.05. The Hall–Kier alpha value is -3.54. The zero-order valence-electron chi connectivity index (χ0n) is 22.3. The van der Waals surface area contributed by atoms with Gasteiger partial charge < -0.3 is 20.3 Å². The molecule has 1 aliphatic carbocycles. The van der Waals surface area contributed by atoms with Crippen LogP contribution in [0.1, 0.15) is 45.1 Å². The maximum Gasteiger partial charge on any atom is 0.243 e. The number of imidazole rings is 1. The molecule has 2 heterocycles. The second-order valence-corrected chi connectivity index (χ2v) is 11.8. The molecular formula is C28H35N7O3S. The van der Waals surface area contributed by atoms with Gasteiger partial charge in [-0.25, -0.2) is 13.4 Å². The minimum absolute atomic E-state index is 0.193. The van der Waals surface area contributed by atoms with E-state index in [9.17, 15) is 13.5 Å². The average Bonchev–Trinajstić information content (AvgIpc) is 3.37. The summed E-state index contributed by atoms with van der Waals surface area (Å²) in [7, 11) is -3.66. The molecule has 0 unspecified atom stereocenters. The van der Waals surface area contributed by atoms with Gasteiger partial charge in [0.2, 0.25) is 16.0 Å². The quantitative estimate of drug-likeness (QED) is 0.264. The number of sulfonamides is 1. The van der Waals surface area contributed by atoms with Crippen molar-refractivity contribution in [3.63, 3.8) is 0 Å². The van der Waals surface area contributed by atoms with Gasteiger partial charge in [-0.05, 0) is 62.4 Å². The van der Waals surface area contributed by atoms with Crippen molar-refractivity contribution in [3.05, 3.63) is 66.5 Å². The summed E-state index contributed by atoms with van der Waals surface area (Å²) in [6, 6.07) is 16.5. The van der Waals surface area contributed by atoms with Gasteiger partial charge in [-0.1, -0.05) is 37.3 Å². The molecule has 3 N–H and O–H groups in total. The van der Waals surface area contributed by atoms with Gasteiger partial charge in [0.15, 0.2) is 17.0 Å². The van der Waals surface area contributed by atoms with Crippen molar-refractivity contribution in [2.24, 2.45) is 0 Å². The monoisotopic (exact) mass is 549 g/mol. The molecule has 2 aromatic heterocycles. The third-order valence-corrected chi connectivity index (χ3v) is 9.08. The molecule has 0 amide bonds. The number of rotatable bonds is 10. The smallest absolute Gasteiger partial charge is 0.243 e. The standard InChI is InChI=1S/C28H35N7O3S/c1-3-34-19-29-25-26(32-28(33-27(25)34)31-22-10-14-23(36)15-11-22)30-21-12-16-24(17-13-21)39(37,38)35(4-2)18-20-8-6-5-7-9-20/h5-9,12-13,16-17,19,22-23,36H,3-4,10-11,14-15,18H2,1-2H3,(H2,30,31,32,33). The predicted octanol–water partition coefficient (Wildman–Crippen LogP) is 4.52. The largest absolute Gasteiger partial charge is 0.393 e. The summed E-state index contributed by atoms with van der Waals surface area (Å²) in [5.74, 6) is 1.04. The van der Waals surface area contributed by atoms with Crippen LogP contribution in [0, 0.1) is 0 Å². The van der Waals surface area contributed by atoms with Crippen molar-refractivity contribution in [1.29, 1.82) is 0 Å². The fourth-order valence-corrected chi connectivity index (χ4v) is 6.32. The molecule has 0 atom stereocenters. The van der Waals surface area contributed by atoms with Crippen LogP contribution in [0.25, 0.3) is 11.2 Å². The number of anilines is 3. The average molecular weight is 550 g/mol. The van der Waals surface area contributed by atoms with Gasteiger partial charge in [0.05, 0.1) is 17.3 Å². The summed E-state index contributed by atoms with van der Waals surface area (Å²) in [5.41, 5.74) is 2.98. The van der Waals surface area contributed by atoms with Gasteiger partial charge in [0.1, 0.15) is 0 Å². The second-order valence-electron chi connectivity index (χ2n) is 9.81. The molecule has 0 bridgehead atoms. The van der Waals surface area contributed by atoms with E-state index >= 15 is 0 Å². The molecule has 2 aromatic carbocycles. The Morgan fingerprint density at radius 1 is 1.00 bits per heavy atom. The lowest BCUT2D eigenvalue weighted by Crippen LogP contribution is -2.30. The maximum atomic E-state index is 13.4. The van der Waals surface area contributed by atoms with E-state index in [2.05, 4.69) is 15.6 Å². The third-order valence-electron chi connectivity index (χ3n) is 7.14. The highest BCUT2D eigenvalue weighted by Gasteiger charge is 2.24. The molecule has 206 valence electrons. The number of hydrogen-bond acceptors (Lipinski definition) is 8. The lowest BCUT2D eigenvalue weighted by molar-refractivity contribution is 0.126. The number of nitrogens with one attached hydrogen (secondary N) is 2. The van der Waals surface area contributed by atoms with E-state index in [0.717, 1.165) is 31.2 Å². The Labute approximate surface area is 229 Å². The normalized spacial score (nSPS) is 17.9. The number of aromatic nitrogens is 4. The highest BCUT2D eigenvalue weighted by molar-refractivity contribution is 7.89. The van der Waals surface area contributed by atoms with Crippen LogP contribution < -0.4 is 10.6 Å². The van der Waals surface area contributed by atoms with Gasteiger partial charge >= 0.3 is 0 Å². The Morgan fingerprint density at radius 2 is 1.72 bits per heavy atom. The summed E-state index contributed by atoms with van der Waals surface area (Å²) in [6.45, 7) is 5.27. The van der Waals surface area contributed by atoms with Crippen LogP contribution in [0.3, 0.4) is 0 Å². The van der Waals surface area contributed by atoms with Gasteiger partial charge in [0, 0.05) is 31.4 Å². The fourth-order valence-electron chi connectivity index (χ4n) is 4.88. The Balaban J connectivity index is 1.37. The lowest BCUT2D eigenvalue weighted by Gasteiger charge is -2.26. The van der Waals surface area contributed by atoms with E-state index in [1.165, 1.54) is 4.31 Å². The van der Waals surface area contributed by atoms with E-state index in [-0.39, 0.29) is 17.0 Å². The number of benzene rings is 2. The molecule has 0 radical (unpaired) electrons. The van der Waals surface area contributed by atoms with Crippen LogP contribution in [-0.4, -0.2) is 56.0 Å². The molecule has 0 saturated heterocycles.